The molecule has 0 aliphatic heterocycles. The maximum Gasteiger partial charge on any atom is 0.306 e. The summed E-state index contributed by atoms with van der Waals surface area (Å²) < 4.78 is 0.473. The summed E-state index contributed by atoms with van der Waals surface area (Å²) in [6, 6.07) is 0. The number of imidazole rings is 1. The van der Waals surface area contributed by atoms with Crippen molar-refractivity contribution < 1.29 is 4.79 Å². The number of amides is 1. The molecular formula is C7H8N4O2S. The Morgan fingerprint density at radius 2 is 2.50 bits per heavy atom. The molecule has 1 saturated carbocycles. The number of nitrogens with zero attached hydrogens (tertiary/aromatic N) is 1. The van der Waals surface area contributed by atoms with Gasteiger partial charge in [-0.15, -0.1) is 4.91 Å². The van der Waals surface area contributed by atoms with E-state index in [4.69, 9.17) is 18.0 Å². The normalized spacial score (nSPS) is 29.9. The lowest BCUT2D eigenvalue weighted by Gasteiger charge is -2.01. The van der Waals surface area contributed by atoms with Gasteiger partial charge in [0.25, 0.3) is 0 Å². The van der Waals surface area contributed by atoms with Crippen molar-refractivity contribution in [2.45, 2.75) is 17.9 Å². The van der Waals surface area contributed by atoms with Gasteiger partial charge in [0.05, 0.1) is 0 Å². The zero-order chi connectivity index (χ0) is 10.3. The molecule has 2 unspecified atom stereocenters. The van der Waals surface area contributed by atoms with Gasteiger partial charge >= 0.3 is 5.91 Å². The van der Waals surface area contributed by atoms with E-state index in [0.717, 1.165) is 5.69 Å². The molecule has 7 heteroatoms. The second-order valence-electron chi connectivity index (χ2n) is 3.39. The number of nitrogens with two attached hydrogens (primary N) is 1. The van der Waals surface area contributed by atoms with Crippen LogP contribution in [-0.4, -0.2) is 21.4 Å². The Bertz CT molecular complexity index is 451. The number of rotatable bonds is 2. The molecule has 1 aromatic heterocycles. The first kappa shape index (κ1) is 9.22. The maximum atomic E-state index is 11.0. The lowest BCUT2D eigenvalue weighted by atomic mass is 10.2. The average Bonchev–Trinajstić information content (AvgIpc) is 2.67. The number of carbonyl (C=O) groups excluding carboxylic acids is 1. The van der Waals surface area contributed by atoms with Crippen molar-refractivity contribution in [2.24, 2.45) is 10.9 Å². The van der Waals surface area contributed by atoms with E-state index in [0.29, 0.717) is 11.2 Å². The summed E-state index contributed by atoms with van der Waals surface area (Å²) in [6.45, 7) is 0. The lowest BCUT2D eigenvalue weighted by Crippen LogP contribution is -2.33. The second-order valence-corrected chi connectivity index (χ2v) is 3.80. The first-order valence-corrected chi connectivity index (χ1v) is 4.43. The van der Waals surface area contributed by atoms with Crippen LogP contribution in [0.5, 0.6) is 0 Å². The molecule has 1 fully saturated rings. The number of hydrogen-bond acceptors (Lipinski definition) is 4. The van der Waals surface area contributed by atoms with Gasteiger partial charge in [-0.2, -0.15) is 0 Å². The van der Waals surface area contributed by atoms with Gasteiger partial charge in [-0.05, 0) is 18.6 Å². The van der Waals surface area contributed by atoms with Crippen molar-refractivity contribution in [1.82, 2.24) is 9.97 Å². The molecule has 1 heterocycles. The average molecular weight is 212 g/mol. The molecule has 4 N–H and O–H groups in total. The fourth-order valence-corrected chi connectivity index (χ4v) is 1.70. The minimum atomic E-state index is -1.12. The van der Waals surface area contributed by atoms with Crippen LogP contribution in [0.1, 0.15) is 18.0 Å². The van der Waals surface area contributed by atoms with E-state index in [1.165, 1.54) is 0 Å². The third-order valence-electron chi connectivity index (χ3n) is 2.48. The Morgan fingerprint density at radius 1 is 1.79 bits per heavy atom. The minimum absolute atomic E-state index is 0.180. The van der Waals surface area contributed by atoms with Gasteiger partial charge in [0.2, 0.25) is 0 Å². The Hall–Kier alpha value is -1.34. The Labute approximate surface area is 83.9 Å². The Balaban J connectivity index is 2.23. The Morgan fingerprint density at radius 3 is 3.00 bits per heavy atom. The number of aromatic amines is 2. The fraction of sp³-hybridized carbons (Fsp3) is 0.429. The van der Waals surface area contributed by atoms with Gasteiger partial charge in [0, 0.05) is 23.0 Å². The van der Waals surface area contributed by atoms with Gasteiger partial charge in [-0.1, -0.05) is 0 Å². The molecule has 1 amide bonds. The summed E-state index contributed by atoms with van der Waals surface area (Å²) >= 11 is 4.83. The summed E-state index contributed by atoms with van der Waals surface area (Å²) in [4.78, 5) is 26.7. The second kappa shape index (κ2) is 2.82. The van der Waals surface area contributed by atoms with Crippen LogP contribution in [0.3, 0.4) is 0 Å². The minimum Gasteiger partial charge on any atom is -0.337 e. The highest BCUT2D eigenvalue weighted by Crippen LogP contribution is 2.49. The number of hydrogen-bond donors (Lipinski definition) is 3. The van der Waals surface area contributed by atoms with E-state index in [9.17, 15) is 9.70 Å². The predicted octanol–water partition coefficient (Wildman–Crippen LogP) is 0.550. The van der Waals surface area contributed by atoms with Crippen LogP contribution >= 0.6 is 12.2 Å². The topological polar surface area (TPSA) is 104 Å². The summed E-state index contributed by atoms with van der Waals surface area (Å²) in [6.07, 6.45) is 2.08. The molecule has 2 rings (SSSR count). The van der Waals surface area contributed by atoms with Crippen LogP contribution in [0, 0.1) is 9.68 Å². The zero-order valence-corrected chi connectivity index (χ0v) is 7.93. The lowest BCUT2D eigenvalue weighted by molar-refractivity contribution is -0.120. The van der Waals surface area contributed by atoms with E-state index >= 15 is 0 Å². The van der Waals surface area contributed by atoms with E-state index in [-0.39, 0.29) is 5.92 Å². The van der Waals surface area contributed by atoms with Gasteiger partial charge in [0.1, 0.15) is 5.54 Å². The van der Waals surface area contributed by atoms with Crippen LogP contribution in [0.2, 0.25) is 0 Å². The molecule has 0 radical (unpaired) electrons. The molecule has 6 nitrogen and oxygen atoms in total. The molecule has 0 spiro atoms. The van der Waals surface area contributed by atoms with Crippen molar-refractivity contribution in [3.8, 4) is 0 Å². The molecular weight excluding hydrogens is 204 g/mol. The summed E-state index contributed by atoms with van der Waals surface area (Å²) in [5.74, 6) is -0.983. The van der Waals surface area contributed by atoms with Crippen LogP contribution < -0.4 is 5.73 Å². The molecule has 0 bridgehead atoms. The van der Waals surface area contributed by atoms with E-state index < -0.39 is 11.4 Å². The SMILES string of the molecule is NC1(C(=O)N=O)CC1c1c[nH]c(=S)[nH]1. The molecule has 74 valence electrons. The Kier molecular flexibility index (Phi) is 1.86. The quantitative estimate of drug-likeness (QED) is 0.491. The summed E-state index contributed by atoms with van der Waals surface area (Å²) in [7, 11) is 0. The number of H-pyrrole nitrogens is 2. The van der Waals surface area contributed by atoms with E-state index in [1.54, 1.807) is 6.20 Å². The number of nitroso groups, excluding NO2 is 1. The van der Waals surface area contributed by atoms with Gasteiger partial charge < -0.3 is 15.7 Å². The molecule has 0 saturated heterocycles. The molecule has 2 atom stereocenters. The number of carbonyl (C=O) groups is 1. The molecule has 1 aromatic rings. The van der Waals surface area contributed by atoms with Crippen LogP contribution in [-0.2, 0) is 4.79 Å². The molecule has 0 aromatic carbocycles. The largest absolute Gasteiger partial charge is 0.337 e. The highest BCUT2D eigenvalue weighted by Gasteiger charge is 2.59. The fourth-order valence-electron chi connectivity index (χ4n) is 1.52. The number of nitrogens with one attached hydrogen (secondary N) is 2. The van der Waals surface area contributed by atoms with Crippen LogP contribution in [0.4, 0.5) is 0 Å². The third-order valence-corrected chi connectivity index (χ3v) is 2.70. The van der Waals surface area contributed by atoms with Crippen LogP contribution in [0.15, 0.2) is 11.4 Å². The monoisotopic (exact) mass is 212 g/mol. The molecule has 14 heavy (non-hydrogen) atoms. The highest BCUT2D eigenvalue weighted by molar-refractivity contribution is 7.71. The van der Waals surface area contributed by atoms with Crippen molar-refractivity contribution in [3.63, 3.8) is 0 Å². The zero-order valence-electron chi connectivity index (χ0n) is 7.11. The number of aromatic nitrogens is 2. The smallest absolute Gasteiger partial charge is 0.306 e. The van der Waals surface area contributed by atoms with Gasteiger partial charge in [-0.3, -0.25) is 4.79 Å². The van der Waals surface area contributed by atoms with Crippen molar-refractivity contribution in [3.05, 3.63) is 21.6 Å². The van der Waals surface area contributed by atoms with Crippen molar-refractivity contribution >= 4 is 18.1 Å². The first-order chi connectivity index (χ1) is 6.58. The first-order valence-electron chi connectivity index (χ1n) is 4.02. The van der Waals surface area contributed by atoms with E-state index in [1.807, 2.05) is 0 Å². The summed E-state index contributed by atoms with van der Waals surface area (Å²) in [5.41, 5.74) is 5.30. The third kappa shape index (κ3) is 1.21. The van der Waals surface area contributed by atoms with Crippen molar-refractivity contribution in [1.29, 1.82) is 0 Å². The predicted molar refractivity (Wildman–Crippen MR) is 51.1 cm³/mol. The molecule has 1 aliphatic rings. The summed E-state index contributed by atoms with van der Waals surface area (Å²) in [5, 5.41) is 2.34. The van der Waals surface area contributed by atoms with Gasteiger partial charge in [-0.25, -0.2) is 0 Å². The van der Waals surface area contributed by atoms with Crippen LogP contribution in [0.25, 0.3) is 0 Å². The van der Waals surface area contributed by atoms with Gasteiger partial charge in [0.15, 0.2) is 4.77 Å². The van der Waals surface area contributed by atoms with E-state index in [2.05, 4.69) is 15.1 Å². The standard InChI is InChI=1S/C7H8N4O2S/c8-7(5(12)11-13)1-3(7)4-2-9-6(14)10-4/h2-3H,1,8H2,(H2,9,10,14). The van der Waals surface area contributed by atoms with Crippen molar-refractivity contribution in [2.75, 3.05) is 0 Å². The maximum absolute atomic E-state index is 11.0. The molecule has 1 aliphatic carbocycles. The highest BCUT2D eigenvalue weighted by atomic mass is 32.1.